The van der Waals surface area contributed by atoms with E-state index in [2.05, 4.69) is 21.7 Å². The van der Waals surface area contributed by atoms with Crippen molar-refractivity contribution in [1.29, 1.82) is 0 Å². The Balaban J connectivity index is 1.74. The quantitative estimate of drug-likeness (QED) is 0.633. The number of rotatable bonds is 6. The molecule has 6 heteroatoms. The minimum absolute atomic E-state index is 0.101. The Hall–Kier alpha value is -1.95. The van der Waals surface area contributed by atoms with Gasteiger partial charge in [-0.2, -0.15) is 0 Å². The van der Waals surface area contributed by atoms with E-state index in [0.717, 1.165) is 13.0 Å². The summed E-state index contributed by atoms with van der Waals surface area (Å²) in [5, 5.41) is 8.29. The molecule has 0 saturated carbocycles. The third-order valence-corrected chi connectivity index (χ3v) is 4.13. The van der Waals surface area contributed by atoms with Crippen molar-refractivity contribution in [3.63, 3.8) is 0 Å². The minimum Gasteiger partial charge on any atom is -0.356 e. The first kappa shape index (κ1) is 16.4. The molecule has 1 aromatic carbocycles. The zero-order valence-corrected chi connectivity index (χ0v) is 13.2. The van der Waals surface area contributed by atoms with Gasteiger partial charge in [-0.05, 0) is 36.4 Å². The molecule has 0 amide bonds. The van der Waals surface area contributed by atoms with Crippen LogP contribution in [0.4, 0.5) is 8.78 Å². The molecular formula is C16H19F2N3S. The van der Waals surface area contributed by atoms with Crippen LogP contribution in [-0.2, 0) is 12.8 Å². The molecule has 1 aromatic heterocycles. The van der Waals surface area contributed by atoms with Crippen molar-refractivity contribution in [2.45, 2.75) is 12.8 Å². The van der Waals surface area contributed by atoms with Crippen LogP contribution in [0.1, 0.15) is 10.4 Å². The van der Waals surface area contributed by atoms with E-state index in [-0.39, 0.29) is 12.0 Å². The standard InChI is InChI=1S/C16H19F2N3S/c1-19-16(20-9-7-12-4-3-11-22-12)21-10-8-13-14(17)5-2-6-15(13)18/h2-6,11H,7-10H2,1H3,(H2,19,20,21). The lowest BCUT2D eigenvalue weighted by molar-refractivity contribution is 0.553. The number of aliphatic imine (C=N–C) groups is 1. The Morgan fingerprint density at radius 1 is 1.05 bits per heavy atom. The molecule has 2 aromatic rings. The number of guanidine groups is 1. The highest BCUT2D eigenvalue weighted by atomic mass is 32.1. The lowest BCUT2D eigenvalue weighted by Gasteiger charge is -2.12. The summed E-state index contributed by atoms with van der Waals surface area (Å²) in [6.07, 6.45) is 1.18. The molecule has 0 aliphatic heterocycles. The van der Waals surface area contributed by atoms with Gasteiger partial charge in [0.05, 0.1) is 0 Å². The van der Waals surface area contributed by atoms with Gasteiger partial charge < -0.3 is 10.6 Å². The predicted octanol–water partition coefficient (Wildman–Crippen LogP) is 2.98. The van der Waals surface area contributed by atoms with Crippen molar-refractivity contribution in [2.75, 3.05) is 20.1 Å². The van der Waals surface area contributed by atoms with Crippen molar-refractivity contribution < 1.29 is 8.78 Å². The van der Waals surface area contributed by atoms with Crippen LogP contribution < -0.4 is 10.6 Å². The molecule has 0 aliphatic rings. The first-order valence-corrected chi connectivity index (χ1v) is 7.98. The molecule has 0 unspecified atom stereocenters. The molecule has 0 saturated heterocycles. The van der Waals surface area contributed by atoms with E-state index in [1.165, 1.54) is 23.1 Å². The van der Waals surface area contributed by atoms with E-state index in [1.807, 2.05) is 11.4 Å². The van der Waals surface area contributed by atoms with Crippen molar-refractivity contribution in [1.82, 2.24) is 10.6 Å². The predicted molar refractivity (Wildman–Crippen MR) is 87.4 cm³/mol. The first-order chi connectivity index (χ1) is 10.7. The van der Waals surface area contributed by atoms with Crippen LogP contribution in [0.2, 0.25) is 0 Å². The van der Waals surface area contributed by atoms with Gasteiger partial charge in [-0.15, -0.1) is 11.3 Å². The SMILES string of the molecule is CN=C(NCCc1cccs1)NCCc1c(F)cccc1F. The summed E-state index contributed by atoms with van der Waals surface area (Å²) in [7, 11) is 1.67. The minimum atomic E-state index is -0.512. The third kappa shape index (κ3) is 4.80. The molecule has 0 radical (unpaired) electrons. The van der Waals surface area contributed by atoms with Gasteiger partial charge in [-0.25, -0.2) is 8.78 Å². The Bertz CT molecular complexity index is 592. The van der Waals surface area contributed by atoms with Crippen molar-refractivity contribution in [2.24, 2.45) is 4.99 Å². The summed E-state index contributed by atoms with van der Waals surface area (Å²) < 4.78 is 27.0. The number of halogens is 2. The molecule has 2 rings (SSSR count). The van der Waals surface area contributed by atoms with Crippen LogP contribution in [0.25, 0.3) is 0 Å². The summed E-state index contributed by atoms with van der Waals surface area (Å²) in [6.45, 7) is 1.17. The molecule has 22 heavy (non-hydrogen) atoms. The van der Waals surface area contributed by atoms with Gasteiger partial charge in [-0.3, -0.25) is 4.99 Å². The summed E-state index contributed by atoms with van der Waals surface area (Å²) in [5.74, 6) is -0.391. The lowest BCUT2D eigenvalue weighted by Crippen LogP contribution is -2.39. The molecule has 0 spiro atoms. The molecule has 2 N–H and O–H groups in total. The molecule has 3 nitrogen and oxygen atoms in total. The normalized spacial score (nSPS) is 11.5. The van der Waals surface area contributed by atoms with Crippen LogP contribution >= 0.6 is 11.3 Å². The van der Waals surface area contributed by atoms with Gasteiger partial charge in [0.2, 0.25) is 0 Å². The van der Waals surface area contributed by atoms with Crippen LogP contribution in [0, 0.1) is 11.6 Å². The second kappa shape index (κ2) is 8.48. The second-order valence-electron chi connectivity index (χ2n) is 4.71. The van der Waals surface area contributed by atoms with Gasteiger partial charge in [-0.1, -0.05) is 12.1 Å². The fraction of sp³-hybridized carbons (Fsp3) is 0.312. The highest BCUT2D eigenvalue weighted by molar-refractivity contribution is 7.09. The Morgan fingerprint density at radius 3 is 2.32 bits per heavy atom. The average molecular weight is 323 g/mol. The summed E-state index contributed by atoms with van der Waals surface area (Å²) >= 11 is 1.72. The topological polar surface area (TPSA) is 36.4 Å². The van der Waals surface area contributed by atoms with Gasteiger partial charge in [0.25, 0.3) is 0 Å². The summed E-state index contributed by atoms with van der Waals surface area (Å²) in [5.41, 5.74) is 0.101. The zero-order valence-electron chi connectivity index (χ0n) is 12.4. The van der Waals surface area contributed by atoms with E-state index in [1.54, 1.807) is 18.4 Å². The molecule has 0 atom stereocenters. The fourth-order valence-corrected chi connectivity index (χ4v) is 2.77. The van der Waals surface area contributed by atoms with E-state index in [4.69, 9.17) is 0 Å². The average Bonchev–Trinajstić information content (AvgIpc) is 3.01. The van der Waals surface area contributed by atoms with Crippen LogP contribution in [-0.4, -0.2) is 26.1 Å². The van der Waals surface area contributed by atoms with Crippen LogP contribution in [0.15, 0.2) is 40.7 Å². The van der Waals surface area contributed by atoms with Gasteiger partial charge in [0, 0.05) is 30.6 Å². The van der Waals surface area contributed by atoms with Gasteiger partial charge in [0.15, 0.2) is 5.96 Å². The lowest BCUT2D eigenvalue weighted by atomic mass is 10.1. The molecule has 0 fully saturated rings. The van der Waals surface area contributed by atoms with Crippen molar-refractivity contribution in [3.05, 3.63) is 57.8 Å². The van der Waals surface area contributed by atoms with Crippen LogP contribution in [0.5, 0.6) is 0 Å². The highest BCUT2D eigenvalue weighted by Crippen LogP contribution is 2.12. The van der Waals surface area contributed by atoms with Crippen molar-refractivity contribution >= 4 is 17.3 Å². The third-order valence-electron chi connectivity index (χ3n) is 3.20. The number of nitrogens with zero attached hydrogens (tertiary/aromatic N) is 1. The van der Waals surface area contributed by atoms with E-state index in [0.29, 0.717) is 12.5 Å². The molecule has 0 bridgehead atoms. The monoisotopic (exact) mass is 323 g/mol. The number of benzene rings is 1. The molecule has 118 valence electrons. The largest absolute Gasteiger partial charge is 0.356 e. The van der Waals surface area contributed by atoms with Crippen LogP contribution in [0.3, 0.4) is 0 Å². The number of hydrogen-bond acceptors (Lipinski definition) is 2. The van der Waals surface area contributed by atoms with E-state index in [9.17, 15) is 8.78 Å². The zero-order chi connectivity index (χ0) is 15.8. The second-order valence-corrected chi connectivity index (χ2v) is 5.74. The Kier molecular flexibility index (Phi) is 6.33. The van der Waals surface area contributed by atoms with E-state index < -0.39 is 11.6 Å². The number of nitrogens with one attached hydrogen (secondary N) is 2. The summed E-state index contributed by atoms with van der Waals surface area (Å²) in [6, 6.07) is 8.02. The molecular weight excluding hydrogens is 304 g/mol. The fourth-order valence-electron chi connectivity index (χ4n) is 2.06. The van der Waals surface area contributed by atoms with Gasteiger partial charge in [0.1, 0.15) is 11.6 Å². The molecule has 1 heterocycles. The maximum Gasteiger partial charge on any atom is 0.190 e. The highest BCUT2D eigenvalue weighted by Gasteiger charge is 2.08. The number of thiophene rings is 1. The summed E-state index contributed by atoms with van der Waals surface area (Å²) in [4.78, 5) is 5.40. The van der Waals surface area contributed by atoms with Crippen molar-refractivity contribution in [3.8, 4) is 0 Å². The number of hydrogen-bond donors (Lipinski definition) is 2. The smallest absolute Gasteiger partial charge is 0.190 e. The Morgan fingerprint density at radius 2 is 1.73 bits per heavy atom. The maximum atomic E-state index is 13.5. The first-order valence-electron chi connectivity index (χ1n) is 7.10. The maximum absolute atomic E-state index is 13.5. The van der Waals surface area contributed by atoms with E-state index >= 15 is 0 Å². The molecule has 0 aliphatic carbocycles. The Labute approximate surface area is 133 Å². The van der Waals surface area contributed by atoms with Gasteiger partial charge >= 0.3 is 0 Å².